The van der Waals surface area contributed by atoms with Gasteiger partial charge in [-0.05, 0) is 65.3 Å². The van der Waals surface area contributed by atoms with Gasteiger partial charge in [-0.1, -0.05) is 61.0 Å². The van der Waals surface area contributed by atoms with Crippen LogP contribution in [0.4, 0.5) is 0 Å². The van der Waals surface area contributed by atoms with Crippen LogP contribution in [0.5, 0.6) is 0 Å². The topological polar surface area (TPSA) is 0 Å². The molecule has 22 heavy (non-hydrogen) atoms. The highest BCUT2D eigenvalue weighted by molar-refractivity contribution is 6.31. The number of aryl methyl sites for hydroxylation is 3. The maximum Gasteiger partial charge on any atom is 0.0447 e. The molecule has 1 aliphatic rings. The Bertz CT molecular complexity index is 794. The SMILES string of the molecule is C=C1C=C(c2c(C)cc(C)cc2CC)Cc2c(Cl)cccc21. The standard InChI is InChI=1S/C21H21Cl/c1-5-16-10-13(2)9-15(4)21(16)17-11-14(3)18-7-6-8-20(22)19(18)12-17/h6-11H,3,5,12H2,1-2,4H3. The molecule has 0 atom stereocenters. The second-order valence-electron chi connectivity index (χ2n) is 6.11. The number of fused-ring (bicyclic) bond motifs is 1. The fourth-order valence-corrected chi connectivity index (χ4v) is 3.76. The Morgan fingerprint density at radius 1 is 1.18 bits per heavy atom. The van der Waals surface area contributed by atoms with E-state index in [9.17, 15) is 0 Å². The molecule has 0 radical (unpaired) electrons. The summed E-state index contributed by atoms with van der Waals surface area (Å²) in [5.41, 5.74) is 10.2. The van der Waals surface area contributed by atoms with E-state index in [1.807, 2.05) is 12.1 Å². The van der Waals surface area contributed by atoms with E-state index in [-0.39, 0.29) is 0 Å². The first-order valence-electron chi connectivity index (χ1n) is 7.79. The van der Waals surface area contributed by atoms with Crippen LogP contribution in [0.15, 0.2) is 43.0 Å². The van der Waals surface area contributed by atoms with Crippen molar-refractivity contribution in [3.05, 3.63) is 81.4 Å². The molecule has 3 rings (SSSR count). The molecule has 0 bridgehead atoms. The quantitative estimate of drug-likeness (QED) is 0.622. The summed E-state index contributed by atoms with van der Waals surface area (Å²) in [7, 11) is 0. The number of hydrogen-bond acceptors (Lipinski definition) is 0. The van der Waals surface area contributed by atoms with Crippen molar-refractivity contribution in [2.75, 3.05) is 0 Å². The van der Waals surface area contributed by atoms with Crippen LogP contribution in [0.25, 0.3) is 11.1 Å². The molecule has 2 aromatic rings. The molecule has 0 amide bonds. The van der Waals surface area contributed by atoms with Gasteiger partial charge in [-0.2, -0.15) is 0 Å². The lowest BCUT2D eigenvalue weighted by Gasteiger charge is -2.23. The Hall–Kier alpha value is -1.79. The number of benzene rings is 2. The first-order chi connectivity index (χ1) is 10.5. The minimum absolute atomic E-state index is 0.840. The van der Waals surface area contributed by atoms with E-state index >= 15 is 0 Å². The van der Waals surface area contributed by atoms with Gasteiger partial charge in [-0.3, -0.25) is 0 Å². The van der Waals surface area contributed by atoms with Gasteiger partial charge in [0.1, 0.15) is 0 Å². The summed E-state index contributed by atoms with van der Waals surface area (Å²) in [6.07, 6.45) is 4.15. The molecular weight excluding hydrogens is 288 g/mol. The van der Waals surface area contributed by atoms with Crippen molar-refractivity contribution in [1.82, 2.24) is 0 Å². The maximum absolute atomic E-state index is 6.43. The third-order valence-electron chi connectivity index (χ3n) is 4.44. The summed E-state index contributed by atoms with van der Waals surface area (Å²) in [5.74, 6) is 0. The highest BCUT2D eigenvalue weighted by Gasteiger charge is 2.20. The molecule has 1 aliphatic carbocycles. The lowest BCUT2D eigenvalue weighted by molar-refractivity contribution is 1.09. The average Bonchev–Trinajstić information content (AvgIpc) is 2.47. The zero-order valence-corrected chi connectivity index (χ0v) is 14.2. The largest absolute Gasteiger partial charge is 0.0911 e. The third-order valence-corrected chi connectivity index (χ3v) is 4.80. The highest BCUT2D eigenvalue weighted by Crippen LogP contribution is 2.38. The van der Waals surface area contributed by atoms with Gasteiger partial charge >= 0.3 is 0 Å². The molecule has 0 saturated heterocycles. The fraction of sp³-hybridized carbons (Fsp3) is 0.238. The first kappa shape index (κ1) is 15.1. The molecule has 0 heterocycles. The lowest BCUT2D eigenvalue weighted by Crippen LogP contribution is -2.06. The van der Waals surface area contributed by atoms with Crippen molar-refractivity contribution < 1.29 is 0 Å². The maximum atomic E-state index is 6.43. The molecule has 0 saturated carbocycles. The van der Waals surface area contributed by atoms with E-state index in [0.29, 0.717) is 0 Å². The van der Waals surface area contributed by atoms with Gasteiger partial charge in [-0.15, -0.1) is 0 Å². The van der Waals surface area contributed by atoms with Crippen molar-refractivity contribution in [1.29, 1.82) is 0 Å². The van der Waals surface area contributed by atoms with Crippen molar-refractivity contribution >= 4 is 22.7 Å². The van der Waals surface area contributed by atoms with E-state index in [0.717, 1.165) is 23.4 Å². The molecule has 0 aromatic heterocycles. The van der Waals surface area contributed by atoms with Gasteiger partial charge < -0.3 is 0 Å². The van der Waals surface area contributed by atoms with Crippen LogP contribution in [-0.4, -0.2) is 0 Å². The van der Waals surface area contributed by atoms with Gasteiger partial charge in [0.05, 0.1) is 0 Å². The average molecular weight is 309 g/mol. The van der Waals surface area contributed by atoms with Gasteiger partial charge in [0.15, 0.2) is 0 Å². The van der Waals surface area contributed by atoms with Crippen LogP contribution in [0.1, 0.15) is 40.3 Å². The van der Waals surface area contributed by atoms with Crippen molar-refractivity contribution in [2.45, 2.75) is 33.6 Å². The second kappa shape index (κ2) is 5.78. The Morgan fingerprint density at radius 3 is 2.68 bits per heavy atom. The Morgan fingerprint density at radius 2 is 1.95 bits per heavy atom. The van der Waals surface area contributed by atoms with Gasteiger partial charge in [0.2, 0.25) is 0 Å². The van der Waals surface area contributed by atoms with Gasteiger partial charge in [0, 0.05) is 11.4 Å². The summed E-state index contributed by atoms with van der Waals surface area (Å²) in [4.78, 5) is 0. The Labute approximate surface area is 138 Å². The lowest BCUT2D eigenvalue weighted by atomic mass is 9.82. The van der Waals surface area contributed by atoms with Crippen LogP contribution in [0, 0.1) is 13.8 Å². The Kier molecular flexibility index (Phi) is 3.97. The van der Waals surface area contributed by atoms with Gasteiger partial charge in [0.25, 0.3) is 0 Å². The number of hydrogen-bond donors (Lipinski definition) is 0. The fourth-order valence-electron chi connectivity index (χ4n) is 3.52. The predicted octanol–water partition coefficient (Wildman–Crippen LogP) is 6.17. The minimum atomic E-state index is 0.840. The molecule has 0 fully saturated rings. The summed E-state index contributed by atoms with van der Waals surface area (Å²) in [6.45, 7) is 10.8. The smallest absolute Gasteiger partial charge is 0.0447 e. The van der Waals surface area contributed by atoms with E-state index in [2.05, 4.69) is 51.6 Å². The molecule has 0 unspecified atom stereocenters. The molecular formula is C21H21Cl. The normalized spacial score (nSPS) is 13.8. The highest BCUT2D eigenvalue weighted by atomic mass is 35.5. The summed E-state index contributed by atoms with van der Waals surface area (Å²) in [5, 5.41) is 0.840. The molecule has 112 valence electrons. The van der Waals surface area contributed by atoms with Crippen molar-refractivity contribution in [3.8, 4) is 0 Å². The van der Waals surface area contributed by atoms with Crippen LogP contribution < -0.4 is 0 Å². The van der Waals surface area contributed by atoms with Gasteiger partial charge in [-0.25, -0.2) is 0 Å². The van der Waals surface area contributed by atoms with E-state index in [4.69, 9.17) is 11.6 Å². The van der Waals surface area contributed by atoms with E-state index in [1.54, 1.807) is 0 Å². The number of halogens is 1. The van der Waals surface area contributed by atoms with E-state index in [1.165, 1.54) is 39.0 Å². The van der Waals surface area contributed by atoms with Crippen LogP contribution in [0.3, 0.4) is 0 Å². The van der Waals surface area contributed by atoms with Crippen LogP contribution in [0.2, 0.25) is 5.02 Å². The molecule has 0 N–H and O–H groups in total. The zero-order valence-electron chi connectivity index (χ0n) is 13.5. The monoisotopic (exact) mass is 308 g/mol. The zero-order chi connectivity index (χ0) is 15.9. The van der Waals surface area contributed by atoms with Crippen LogP contribution >= 0.6 is 11.6 Å². The molecule has 0 aliphatic heterocycles. The second-order valence-corrected chi connectivity index (χ2v) is 6.51. The molecule has 1 heteroatoms. The van der Waals surface area contributed by atoms with Crippen LogP contribution in [-0.2, 0) is 12.8 Å². The first-order valence-corrected chi connectivity index (χ1v) is 8.16. The van der Waals surface area contributed by atoms with E-state index < -0.39 is 0 Å². The van der Waals surface area contributed by atoms with Crippen molar-refractivity contribution in [3.63, 3.8) is 0 Å². The molecule has 0 spiro atoms. The third kappa shape index (κ3) is 2.53. The predicted molar refractivity (Wildman–Crippen MR) is 97.5 cm³/mol. The summed E-state index contributed by atoms with van der Waals surface area (Å²) in [6, 6.07) is 10.6. The van der Waals surface area contributed by atoms with Crippen molar-refractivity contribution in [2.24, 2.45) is 0 Å². The minimum Gasteiger partial charge on any atom is -0.0911 e. The molecule has 0 nitrogen and oxygen atoms in total. The molecule has 2 aromatic carbocycles. The summed E-state index contributed by atoms with van der Waals surface area (Å²) < 4.78 is 0. The Balaban J connectivity index is 2.16. The number of allylic oxidation sites excluding steroid dienone is 3. The number of rotatable bonds is 2. The summed E-state index contributed by atoms with van der Waals surface area (Å²) >= 11 is 6.43.